The Morgan fingerprint density at radius 2 is 2.06 bits per heavy atom. The average Bonchev–Trinajstić information content (AvgIpc) is 3.48. The molecule has 7 nitrogen and oxygen atoms in total. The molecule has 0 bridgehead atoms. The van der Waals surface area contributed by atoms with Crippen LogP contribution in [-0.4, -0.2) is 51.9 Å². The van der Waals surface area contributed by atoms with Crippen LogP contribution < -0.4 is 5.32 Å². The molecule has 3 aromatic heterocycles. The molecule has 166 valence electrons. The topological polar surface area (TPSA) is 72.3 Å². The third-order valence-electron chi connectivity index (χ3n) is 5.37. The number of morpholine rings is 1. The van der Waals surface area contributed by atoms with Crippen molar-refractivity contribution in [1.29, 1.82) is 0 Å². The maximum absolute atomic E-state index is 12.9. The van der Waals surface area contributed by atoms with Gasteiger partial charge in [0, 0.05) is 35.4 Å². The summed E-state index contributed by atoms with van der Waals surface area (Å²) in [4.78, 5) is 21.4. The first-order chi connectivity index (χ1) is 15.6. The van der Waals surface area contributed by atoms with Gasteiger partial charge in [0.2, 0.25) is 0 Å². The van der Waals surface area contributed by atoms with Gasteiger partial charge >= 0.3 is 0 Å². The number of hydrogen-bond acceptors (Lipinski definition) is 7. The third kappa shape index (κ3) is 4.57. The Morgan fingerprint density at radius 3 is 2.88 bits per heavy atom. The fraction of sp³-hybridized carbons (Fsp3) is 0.318. The number of nitrogens with one attached hydrogen (secondary N) is 1. The van der Waals surface area contributed by atoms with E-state index in [1.54, 1.807) is 0 Å². The molecule has 5 rings (SSSR count). The quantitative estimate of drug-likeness (QED) is 0.428. The van der Waals surface area contributed by atoms with E-state index in [9.17, 15) is 4.79 Å². The number of halogens is 1. The number of ether oxygens (including phenoxy) is 1. The highest BCUT2D eigenvalue weighted by molar-refractivity contribution is 7.20. The lowest BCUT2D eigenvalue weighted by molar-refractivity contribution is 0.0337. The fourth-order valence-electron chi connectivity index (χ4n) is 3.70. The Kier molecular flexibility index (Phi) is 6.25. The van der Waals surface area contributed by atoms with Crippen molar-refractivity contribution >= 4 is 55.5 Å². The van der Waals surface area contributed by atoms with Crippen molar-refractivity contribution in [2.24, 2.45) is 0 Å². The number of nitrogens with zero attached hydrogens (tertiary/aromatic N) is 4. The minimum atomic E-state index is -0.151. The minimum Gasteiger partial charge on any atom is -0.379 e. The number of aromatic nitrogens is 3. The molecule has 1 amide bonds. The maximum Gasteiger partial charge on any atom is 0.267 e. The van der Waals surface area contributed by atoms with E-state index in [0.29, 0.717) is 21.6 Å². The first kappa shape index (κ1) is 21.5. The van der Waals surface area contributed by atoms with Gasteiger partial charge in [-0.05, 0) is 24.6 Å². The average molecular weight is 488 g/mol. The van der Waals surface area contributed by atoms with Crippen LogP contribution >= 0.6 is 34.3 Å². The Labute approximate surface area is 198 Å². The van der Waals surface area contributed by atoms with Gasteiger partial charge in [-0.1, -0.05) is 29.8 Å². The van der Waals surface area contributed by atoms with Gasteiger partial charge in [-0.3, -0.25) is 19.7 Å². The first-order valence-corrected chi connectivity index (χ1v) is 12.4. The Balaban J connectivity index is 1.30. The predicted molar refractivity (Wildman–Crippen MR) is 129 cm³/mol. The Morgan fingerprint density at radius 1 is 1.25 bits per heavy atom. The van der Waals surface area contributed by atoms with E-state index in [2.05, 4.69) is 20.3 Å². The van der Waals surface area contributed by atoms with Crippen molar-refractivity contribution in [2.45, 2.75) is 20.0 Å². The molecule has 0 atom stereocenters. The zero-order chi connectivity index (χ0) is 22.1. The smallest absolute Gasteiger partial charge is 0.267 e. The van der Waals surface area contributed by atoms with Crippen LogP contribution in [0.2, 0.25) is 5.02 Å². The first-order valence-electron chi connectivity index (χ1n) is 10.3. The van der Waals surface area contributed by atoms with Crippen LogP contribution in [0.5, 0.6) is 0 Å². The van der Waals surface area contributed by atoms with Gasteiger partial charge in [-0.2, -0.15) is 5.10 Å². The van der Waals surface area contributed by atoms with Crippen molar-refractivity contribution in [3.63, 3.8) is 0 Å². The van der Waals surface area contributed by atoms with E-state index in [-0.39, 0.29) is 5.91 Å². The molecule has 1 aliphatic heterocycles. The molecule has 4 heterocycles. The number of anilines is 1. The number of thiazole rings is 1. The van der Waals surface area contributed by atoms with Gasteiger partial charge in [0.25, 0.3) is 5.91 Å². The molecule has 0 radical (unpaired) electrons. The summed E-state index contributed by atoms with van der Waals surface area (Å²) in [7, 11) is 0. The van der Waals surface area contributed by atoms with E-state index in [0.717, 1.165) is 60.0 Å². The number of fused-ring (bicyclic) bond motifs is 1. The zero-order valence-electron chi connectivity index (χ0n) is 17.5. The molecule has 10 heteroatoms. The molecule has 1 N–H and O–H groups in total. The third-order valence-corrected chi connectivity index (χ3v) is 7.69. The molecular formula is C22H22ClN5O2S2. The maximum atomic E-state index is 12.9. The van der Waals surface area contributed by atoms with Gasteiger partial charge in [0.1, 0.15) is 4.83 Å². The fourth-order valence-corrected chi connectivity index (χ4v) is 5.65. The molecule has 0 unspecified atom stereocenters. The van der Waals surface area contributed by atoms with Crippen molar-refractivity contribution in [1.82, 2.24) is 19.7 Å². The van der Waals surface area contributed by atoms with E-state index >= 15 is 0 Å². The second-order valence-electron chi connectivity index (χ2n) is 7.65. The number of hydrogen-bond donors (Lipinski definition) is 1. The normalized spacial score (nSPS) is 14.8. The van der Waals surface area contributed by atoms with Gasteiger partial charge in [-0.15, -0.1) is 22.7 Å². The Hall–Kier alpha value is -2.30. The molecule has 32 heavy (non-hydrogen) atoms. The van der Waals surface area contributed by atoms with Gasteiger partial charge in [0.05, 0.1) is 36.0 Å². The van der Waals surface area contributed by atoms with Gasteiger partial charge in [-0.25, -0.2) is 4.98 Å². The number of amides is 1. The summed E-state index contributed by atoms with van der Waals surface area (Å²) >= 11 is 9.21. The highest BCUT2D eigenvalue weighted by Crippen LogP contribution is 2.30. The number of aryl methyl sites for hydroxylation is 1. The van der Waals surface area contributed by atoms with E-state index in [1.165, 1.54) is 22.7 Å². The van der Waals surface area contributed by atoms with Crippen LogP contribution in [0, 0.1) is 6.92 Å². The summed E-state index contributed by atoms with van der Waals surface area (Å²) in [5, 5.41) is 11.9. The molecule has 1 fully saturated rings. The molecule has 0 spiro atoms. The number of rotatable bonds is 6. The van der Waals surface area contributed by atoms with E-state index in [1.807, 2.05) is 47.3 Å². The lowest BCUT2D eigenvalue weighted by Gasteiger charge is -2.25. The van der Waals surface area contributed by atoms with E-state index in [4.69, 9.17) is 16.3 Å². The van der Waals surface area contributed by atoms with Gasteiger partial charge in [0.15, 0.2) is 5.13 Å². The number of benzene rings is 1. The van der Waals surface area contributed by atoms with Crippen molar-refractivity contribution in [3.05, 3.63) is 62.6 Å². The second-order valence-corrected chi connectivity index (χ2v) is 9.95. The van der Waals surface area contributed by atoms with Gasteiger partial charge < -0.3 is 4.74 Å². The largest absolute Gasteiger partial charge is 0.379 e. The molecular weight excluding hydrogens is 466 g/mol. The van der Waals surface area contributed by atoms with Crippen LogP contribution in [-0.2, 0) is 17.8 Å². The zero-order valence-corrected chi connectivity index (χ0v) is 19.9. The molecule has 1 aromatic carbocycles. The lowest BCUT2D eigenvalue weighted by atomic mass is 10.2. The predicted octanol–water partition coefficient (Wildman–Crippen LogP) is 4.65. The van der Waals surface area contributed by atoms with Crippen LogP contribution in [0.15, 0.2) is 35.7 Å². The number of carbonyl (C=O) groups is 1. The SMILES string of the molecule is Cc1nn(Cc2ccccc2Cl)c2sc(C(=O)Nc3nc(CN4CCOCC4)cs3)cc12. The molecule has 1 aliphatic rings. The number of thiophene rings is 1. The second kappa shape index (κ2) is 9.29. The molecule has 0 aliphatic carbocycles. The monoisotopic (exact) mass is 487 g/mol. The van der Waals surface area contributed by atoms with Crippen LogP contribution in [0.3, 0.4) is 0 Å². The minimum absolute atomic E-state index is 0.151. The molecule has 4 aromatic rings. The summed E-state index contributed by atoms with van der Waals surface area (Å²) in [6.45, 7) is 6.62. The lowest BCUT2D eigenvalue weighted by Crippen LogP contribution is -2.35. The van der Waals surface area contributed by atoms with Crippen molar-refractivity contribution < 1.29 is 9.53 Å². The van der Waals surface area contributed by atoms with Crippen molar-refractivity contribution in [3.8, 4) is 0 Å². The highest BCUT2D eigenvalue weighted by atomic mass is 35.5. The standard InChI is InChI=1S/C22H22ClN5O2S2/c1-14-17-10-19(32-21(17)28(26-14)11-15-4-2-3-5-18(15)23)20(29)25-22-24-16(13-31-22)12-27-6-8-30-9-7-27/h2-5,10,13H,6-9,11-12H2,1H3,(H,24,25,29). The van der Waals surface area contributed by atoms with Crippen molar-refractivity contribution in [2.75, 3.05) is 31.6 Å². The molecule has 0 saturated carbocycles. The molecule has 1 saturated heterocycles. The number of carbonyl (C=O) groups excluding carboxylic acids is 1. The Bertz CT molecular complexity index is 1260. The van der Waals surface area contributed by atoms with Crippen LogP contribution in [0.25, 0.3) is 10.2 Å². The summed E-state index contributed by atoms with van der Waals surface area (Å²) in [5.41, 5.74) is 2.85. The summed E-state index contributed by atoms with van der Waals surface area (Å²) in [6, 6.07) is 9.64. The summed E-state index contributed by atoms with van der Waals surface area (Å²) in [5.74, 6) is -0.151. The summed E-state index contributed by atoms with van der Waals surface area (Å²) in [6.07, 6.45) is 0. The van der Waals surface area contributed by atoms with Crippen LogP contribution in [0.4, 0.5) is 5.13 Å². The van der Waals surface area contributed by atoms with Crippen LogP contribution in [0.1, 0.15) is 26.6 Å². The highest BCUT2D eigenvalue weighted by Gasteiger charge is 2.19. The summed E-state index contributed by atoms with van der Waals surface area (Å²) < 4.78 is 7.30. The van der Waals surface area contributed by atoms with E-state index < -0.39 is 0 Å².